The third-order valence-electron chi connectivity index (χ3n) is 3.23. The van der Waals surface area contributed by atoms with E-state index in [4.69, 9.17) is 4.74 Å². The summed E-state index contributed by atoms with van der Waals surface area (Å²) >= 11 is 0. The van der Waals surface area contributed by atoms with Gasteiger partial charge in [-0.05, 0) is 37.6 Å². The van der Waals surface area contributed by atoms with Crippen molar-refractivity contribution in [2.75, 3.05) is 5.32 Å². The molecular formula is C15H16N4O3. The molecule has 0 saturated carbocycles. The lowest BCUT2D eigenvalue weighted by atomic mass is 10.0. The third-order valence-corrected chi connectivity index (χ3v) is 3.23. The van der Waals surface area contributed by atoms with E-state index >= 15 is 0 Å². The molecule has 0 saturated heterocycles. The highest BCUT2D eigenvalue weighted by Crippen LogP contribution is 2.29. The van der Waals surface area contributed by atoms with Crippen molar-refractivity contribution in [3.05, 3.63) is 47.9 Å². The SMILES string of the molecule is CC(C)Oc1ccc([C@@H]2C=C(C(=O)O)Nc3ncnn32)cc1. The highest BCUT2D eigenvalue weighted by molar-refractivity contribution is 5.90. The monoisotopic (exact) mass is 300 g/mol. The first-order valence-electron chi connectivity index (χ1n) is 6.93. The molecule has 2 N–H and O–H groups in total. The number of nitrogens with zero attached hydrogens (tertiary/aromatic N) is 3. The number of anilines is 1. The zero-order chi connectivity index (χ0) is 15.7. The minimum atomic E-state index is -1.03. The summed E-state index contributed by atoms with van der Waals surface area (Å²) in [4.78, 5) is 15.3. The molecule has 3 rings (SSSR count). The molecule has 2 heterocycles. The second-order valence-corrected chi connectivity index (χ2v) is 5.22. The number of aliphatic carboxylic acids is 1. The van der Waals surface area contributed by atoms with Crippen LogP contribution < -0.4 is 10.1 Å². The van der Waals surface area contributed by atoms with Gasteiger partial charge < -0.3 is 15.2 Å². The molecule has 1 aliphatic rings. The fraction of sp³-hybridized carbons (Fsp3) is 0.267. The molecule has 0 radical (unpaired) electrons. The van der Waals surface area contributed by atoms with Crippen LogP contribution in [0.2, 0.25) is 0 Å². The number of carboxylic acids is 1. The van der Waals surface area contributed by atoms with Crippen LogP contribution in [0.25, 0.3) is 0 Å². The van der Waals surface area contributed by atoms with E-state index in [9.17, 15) is 9.90 Å². The number of aromatic nitrogens is 3. The Hall–Kier alpha value is -2.83. The van der Waals surface area contributed by atoms with Crippen LogP contribution in [0, 0.1) is 0 Å². The van der Waals surface area contributed by atoms with Gasteiger partial charge in [-0.3, -0.25) is 0 Å². The number of rotatable bonds is 4. The summed E-state index contributed by atoms with van der Waals surface area (Å²) in [5.41, 5.74) is 0.996. The number of ether oxygens (including phenoxy) is 1. The quantitative estimate of drug-likeness (QED) is 0.898. The minimum absolute atomic E-state index is 0.0907. The number of hydrogen-bond acceptors (Lipinski definition) is 5. The van der Waals surface area contributed by atoms with E-state index in [-0.39, 0.29) is 17.8 Å². The largest absolute Gasteiger partial charge is 0.491 e. The van der Waals surface area contributed by atoms with Crippen molar-refractivity contribution in [2.24, 2.45) is 0 Å². The Kier molecular flexibility index (Phi) is 3.54. The first-order valence-corrected chi connectivity index (χ1v) is 6.93. The molecule has 1 aromatic carbocycles. The summed E-state index contributed by atoms with van der Waals surface area (Å²) in [7, 11) is 0. The van der Waals surface area contributed by atoms with Crippen molar-refractivity contribution in [3.63, 3.8) is 0 Å². The van der Waals surface area contributed by atoms with Gasteiger partial charge in [-0.15, -0.1) is 0 Å². The maximum absolute atomic E-state index is 11.2. The maximum atomic E-state index is 11.2. The van der Waals surface area contributed by atoms with Gasteiger partial charge in [0.2, 0.25) is 5.95 Å². The van der Waals surface area contributed by atoms with Gasteiger partial charge >= 0.3 is 5.97 Å². The molecule has 2 aromatic rings. The second kappa shape index (κ2) is 5.51. The van der Waals surface area contributed by atoms with E-state index in [1.54, 1.807) is 10.8 Å². The van der Waals surface area contributed by atoms with Crippen molar-refractivity contribution >= 4 is 11.9 Å². The van der Waals surface area contributed by atoms with E-state index in [2.05, 4.69) is 15.4 Å². The predicted octanol–water partition coefficient (Wildman–Crippen LogP) is 2.05. The summed E-state index contributed by atoms with van der Waals surface area (Å²) in [5.74, 6) is 0.153. The lowest BCUT2D eigenvalue weighted by Gasteiger charge is -2.22. The third kappa shape index (κ3) is 2.65. The Labute approximate surface area is 127 Å². The highest BCUT2D eigenvalue weighted by Gasteiger charge is 2.25. The van der Waals surface area contributed by atoms with Crippen LogP contribution in [0.15, 0.2) is 42.4 Å². The molecule has 0 fully saturated rings. The summed E-state index contributed by atoms with van der Waals surface area (Å²) < 4.78 is 7.26. The summed E-state index contributed by atoms with van der Waals surface area (Å²) in [5, 5.41) is 16.1. The number of allylic oxidation sites excluding steroid dienone is 1. The first-order chi connectivity index (χ1) is 10.5. The van der Waals surface area contributed by atoms with E-state index in [1.807, 2.05) is 38.1 Å². The van der Waals surface area contributed by atoms with Gasteiger partial charge in [0.15, 0.2) is 0 Å². The molecule has 0 aliphatic carbocycles. The van der Waals surface area contributed by atoms with Gasteiger partial charge in [-0.2, -0.15) is 10.1 Å². The number of hydrogen-bond donors (Lipinski definition) is 2. The lowest BCUT2D eigenvalue weighted by molar-refractivity contribution is -0.132. The van der Waals surface area contributed by atoms with Crippen LogP contribution in [0.1, 0.15) is 25.5 Å². The number of carboxylic acid groups (broad SMARTS) is 1. The van der Waals surface area contributed by atoms with Gasteiger partial charge in [0.25, 0.3) is 0 Å². The van der Waals surface area contributed by atoms with Crippen LogP contribution in [0.3, 0.4) is 0 Å². The van der Waals surface area contributed by atoms with Gasteiger partial charge in [0, 0.05) is 0 Å². The molecule has 0 unspecified atom stereocenters. The van der Waals surface area contributed by atoms with Crippen LogP contribution in [-0.4, -0.2) is 31.9 Å². The predicted molar refractivity (Wildman–Crippen MR) is 79.7 cm³/mol. The molecule has 7 heteroatoms. The van der Waals surface area contributed by atoms with Crippen molar-refractivity contribution in [2.45, 2.75) is 26.0 Å². The van der Waals surface area contributed by atoms with E-state index in [0.29, 0.717) is 5.95 Å². The van der Waals surface area contributed by atoms with E-state index in [0.717, 1.165) is 11.3 Å². The molecule has 0 spiro atoms. The zero-order valence-corrected chi connectivity index (χ0v) is 12.2. The Morgan fingerprint density at radius 3 is 2.73 bits per heavy atom. The zero-order valence-electron chi connectivity index (χ0n) is 12.2. The summed E-state index contributed by atoms with van der Waals surface area (Å²) in [6, 6.07) is 7.20. The van der Waals surface area contributed by atoms with Crippen molar-refractivity contribution in [1.82, 2.24) is 14.8 Å². The van der Waals surface area contributed by atoms with Gasteiger partial charge in [-0.25, -0.2) is 9.48 Å². The average molecular weight is 300 g/mol. The maximum Gasteiger partial charge on any atom is 0.352 e. The summed E-state index contributed by atoms with van der Waals surface area (Å²) in [6.07, 6.45) is 3.11. The molecule has 114 valence electrons. The molecule has 1 aromatic heterocycles. The Morgan fingerprint density at radius 2 is 2.09 bits per heavy atom. The van der Waals surface area contributed by atoms with Gasteiger partial charge in [0.05, 0.1) is 6.10 Å². The van der Waals surface area contributed by atoms with Crippen LogP contribution in [0.5, 0.6) is 5.75 Å². The van der Waals surface area contributed by atoms with Crippen LogP contribution in [-0.2, 0) is 4.79 Å². The van der Waals surface area contributed by atoms with Gasteiger partial charge in [-0.1, -0.05) is 12.1 Å². The molecule has 7 nitrogen and oxygen atoms in total. The fourth-order valence-electron chi connectivity index (χ4n) is 2.31. The molecule has 1 aliphatic heterocycles. The van der Waals surface area contributed by atoms with Crippen LogP contribution in [0.4, 0.5) is 5.95 Å². The molecule has 0 amide bonds. The van der Waals surface area contributed by atoms with Crippen molar-refractivity contribution in [1.29, 1.82) is 0 Å². The topological polar surface area (TPSA) is 89.3 Å². The Balaban J connectivity index is 1.95. The highest BCUT2D eigenvalue weighted by atomic mass is 16.5. The average Bonchev–Trinajstić information content (AvgIpc) is 2.94. The molecule has 0 bridgehead atoms. The minimum Gasteiger partial charge on any atom is -0.491 e. The Bertz CT molecular complexity index is 719. The Morgan fingerprint density at radius 1 is 1.36 bits per heavy atom. The molecular weight excluding hydrogens is 284 g/mol. The lowest BCUT2D eigenvalue weighted by Crippen LogP contribution is -2.24. The van der Waals surface area contributed by atoms with E-state index < -0.39 is 5.97 Å². The normalized spacial score (nSPS) is 16.7. The number of carbonyl (C=O) groups is 1. The fourth-order valence-corrected chi connectivity index (χ4v) is 2.31. The van der Waals surface area contributed by atoms with Crippen molar-refractivity contribution in [3.8, 4) is 5.75 Å². The van der Waals surface area contributed by atoms with Crippen molar-refractivity contribution < 1.29 is 14.6 Å². The number of nitrogens with one attached hydrogen (secondary N) is 1. The number of fused-ring (bicyclic) bond motifs is 1. The van der Waals surface area contributed by atoms with Crippen LogP contribution >= 0.6 is 0 Å². The number of benzene rings is 1. The smallest absolute Gasteiger partial charge is 0.352 e. The standard InChI is InChI=1S/C15H16N4O3/c1-9(2)22-11-5-3-10(4-6-11)13-7-12(14(20)21)18-15-16-8-17-19(13)15/h3-9,13H,1-2H3,(H,20,21)(H,16,17,18)/t13-/m0/s1. The molecule has 1 atom stereocenters. The van der Waals surface area contributed by atoms with E-state index in [1.165, 1.54) is 6.33 Å². The second-order valence-electron chi connectivity index (χ2n) is 5.22. The molecule has 22 heavy (non-hydrogen) atoms. The first kappa shape index (κ1) is 14.1. The van der Waals surface area contributed by atoms with Gasteiger partial charge in [0.1, 0.15) is 23.8 Å². The summed E-state index contributed by atoms with van der Waals surface area (Å²) in [6.45, 7) is 3.93.